The molecule has 0 aromatic rings. The highest BCUT2D eigenvalue weighted by Crippen LogP contribution is 2.45. The monoisotopic (exact) mass is 1650 g/mol. The Morgan fingerprint density at radius 1 is 0.250 bits per heavy atom. The van der Waals surface area contributed by atoms with E-state index in [0.29, 0.717) is 38.5 Å². The summed E-state index contributed by atoms with van der Waals surface area (Å²) in [5, 5.41) is 10.7. The number of unbranched alkanes of at least 4 members (excludes halogenated alkanes) is 9. The molecular formula is C97H148O17P2. The maximum Gasteiger partial charge on any atom is 0.472 e. The third-order valence-electron chi connectivity index (χ3n) is 16.5. The van der Waals surface area contributed by atoms with E-state index in [9.17, 15) is 43.2 Å². The molecule has 19 heteroatoms. The van der Waals surface area contributed by atoms with Gasteiger partial charge in [0.1, 0.15) is 19.3 Å². The number of carbonyl (C=O) groups excluding carboxylic acids is 4. The van der Waals surface area contributed by atoms with Crippen molar-refractivity contribution in [1.29, 1.82) is 0 Å². The summed E-state index contributed by atoms with van der Waals surface area (Å²) in [6.07, 6.45) is 114. The summed E-state index contributed by atoms with van der Waals surface area (Å²) >= 11 is 0. The number of allylic oxidation sites excluding steroid dienone is 42. The molecule has 0 amide bonds. The minimum atomic E-state index is -5.04. The van der Waals surface area contributed by atoms with Crippen molar-refractivity contribution < 1.29 is 80.2 Å². The van der Waals surface area contributed by atoms with Crippen molar-refractivity contribution in [2.45, 2.75) is 290 Å². The van der Waals surface area contributed by atoms with Gasteiger partial charge in [-0.1, -0.05) is 309 Å². The van der Waals surface area contributed by atoms with Gasteiger partial charge in [0.25, 0.3) is 0 Å². The van der Waals surface area contributed by atoms with Crippen molar-refractivity contribution >= 4 is 39.5 Å². The van der Waals surface area contributed by atoms with Crippen molar-refractivity contribution in [2.75, 3.05) is 39.6 Å². The van der Waals surface area contributed by atoms with Gasteiger partial charge in [0.15, 0.2) is 12.2 Å². The topological polar surface area (TPSA) is 237 Å². The maximum absolute atomic E-state index is 13.2. The second-order valence-corrected chi connectivity index (χ2v) is 30.2. The Morgan fingerprint density at radius 2 is 0.466 bits per heavy atom. The first-order valence-corrected chi connectivity index (χ1v) is 45.9. The molecule has 0 saturated carbocycles. The normalized spacial score (nSPS) is 15.0. The van der Waals surface area contributed by atoms with Crippen molar-refractivity contribution in [2.24, 2.45) is 0 Å². The highest BCUT2D eigenvalue weighted by molar-refractivity contribution is 7.47. The predicted octanol–water partition coefficient (Wildman–Crippen LogP) is 26.1. The van der Waals surface area contributed by atoms with Crippen LogP contribution in [0.2, 0.25) is 0 Å². The highest BCUT2D eigenvalue weighted by Gasteiger charge is 2.30. The molecule has 0 bridgehead atoms. The number of phosphoric acid groups is 2. The van der Waals surface area contributed by atoms with Crippen LogP contribution < -0.4 is 0 Å². The Hall–Kier alpha value is -7.40. The molecule has 3 N–H and O–H groups in total. The van der Waals surface area contributed by atoms with Crippen LogP contribution in [0.1, 0.15) is 272 Å². The number of aliphatic hydroxyl groups is 1. The lowest BCUT2D eigenvalue weighted by molar-refractivity contribution is -0.161. The zero-order valence-corrected chi connectivity index (χ0v) is 72.8. The average Bonchev–Trinajstić information content (AvgIpc) is 0.898. The predicted molar refractivity (Wildman–Crippen MR) is 481 cm³/mol. The summed E-state index contributed by atoms with van der Waals surface area (Å²) in [6.45, 7) is 4.22. The summed E-state index contributed by atoms with van der Waals surface area (Å²) in [6, 6.07) is 0. The minimum absolute atomic E-state index is 0.00767. The molecular weight excluding hydrogens is 1500 g/mol. The van der Waals surface area contributed by atoms with Crippen molar-refractivity contribution in [3.63, 3.8) is 0 Å². The van der Waals surface area contributed by atoms with Crippen LogP contribution in [0.5, 0.6) is 0 Å². The molecule has 0 aliphatic heterocycles. The fourth-order valence-corrected chi connectivity index (χ4v) is 11.7. The lowest BCUT2D eigenvalue weighted by Crippen LogP contribution is -2.30. The summed E-state index contributed by atoms with van der Waals surface area (Å²) in [7, 11) is -10.1. The van der Waals surface area contributed by atoms with Crippen molar-refractivity contribution in [3.8, 4) is 0 Å². The van der Waals surface area contributed by atoms with Crippen LogP contribution in [-0.4, -0.2) is 96.7 Å². The number of ether oxygens (including phenoxy) is 4. The zero-order valence-electron chi connectivity index (χ0n) is 71.0. The van der Waals surface area contributed by atoms with E-state index in [1.807, 2.05) is 36.5 Å². The van der Waals surface area contributed by atoms with Gasteiger partial charge in [-0.15, -0.1) is 0 Å². The first-order valence-electron chi connectivity index (χ1n) is 42.9. The van der Waals surface area contributed by atoms with Crippen molar-refractivity contribution in [1.82, 2.24) is 0 Å². The third-order valence-corrected chi connectivity index (χ3v) is 18.4. The van der Waals surface area contributed by atoms with Crippen LogP contribution in [0.4, 0.5) is 0 Å². The number of carbonyl (C=O) groups is 4. The van der Waals surface area contributed by atoms with Crippen LogP contribution in [0.15, 0.2) is 255 Å². The van der Waals surface area contributed by atoms with Gasteiger partial charge >= 0.3 is 39.5 Å². The van der Waals surface area contributed by atoms with Crippen LogP contribution in [-0.2, 0) is 65.4 Å². The van der Waals surface area contributed by atoms with E-state index in [2.05, 4.69) is 246 Å². The largest absolute Gasteiger partial charge is 0.472 e. The number of phosphoric ester groups is 2. The Morgan fingerprint density at radius 3 is 0.741 bits per heavy atom. The average molecular weight is 1650 g/mol. The highest BCUT2D eigenvalue weighted by atomic mass is 31.2. The Kier molecular flexibility index (Phi) is 80.0. The number of hydrogen-bond acceptors (Lipinski definition) is 15. The van der Waals surface area contributed by atoms with Gasteiger partial charge in [0.2, 0.25) is 0 Å². The standard InChI is InChI=1S/C97H148O17P2/c1-5-9-13-17-21-25-29-33-37-41-45-49-53-57-61-65-69-73-77-81-94(99)107-87-92(113-96(101)83-79-75-71-67-63-59-55-51-47-43-39-35-31-27-23-19-15-11-7-3)89-111-115(103,104)109-85-91(98)86-110-116(105,106)112-90-93(114-97(102)84-80-76-72-68-64-60-56-52-48-44-40-36-32-28-24-20-16-12-8-4)88-108-95(100)82-78-74-70-66-62-58-54-50-46-42-38-34-30-26-22-18-14-10-6-2/h9-11,13-15,21-28,33-40,45-52,57-64,70,72,74,76,91-93,98H,5-8,12,16-20,29-32,41-44,53-56,65-69,71,73,75,77-90H2,1-4H3,(H,103,104)(H,105,106)/b13-9-,14-10-,15-11-,25-21-,26-22-,27-23-,28-24-,37-33-,38-34-,39-35-,40-36-,49-45-,50-46-,51-47-,52-48-,61-57-,62-58-,63-59-,64-60-,74-70-,76-72-/t91-,92+,93+/m0/s1. The molecule has 648 valence electrons. The number of esters is 4. The second-order valence-electron chi connectivity index (χ2n) is 27.3. The van der Waals surface area contributed by atoms with E-state index in [-0.39, 0.29) is 25.7 Å². The molecule has 0 aliphatic carbocycles. The Bertz CT molecular complexity index is 3210. The van der Waals surface area contributed by atoms with Crippen LogP contribution in [0.25, 0.3) is 0 Å². The molecule has 0 aromatic heterocycles. The molecule has 0 spiro atoms. The lowest BCUT2D eigenvalue weighted by Gasteiger charge is -2.21. The zero-order chi connectivity index (χ0) is 84.5. The molecule has 116 heavy (non-hydrogen) atoms. The SMILES string of the molecule is CC/C=C\C/C=C\C/C=C\C/C=C\C/C=C\C/C=C\CCC(=O)OC[C@H](COP(=O)(O)OC[C@@H](O)COP(=O)(O)OC[C@@H](COC(=O)CCCCC/C=C\C/C=C\C/C=C\C/C=C\C/C=C\CC)OC(=O)CCCCC/C=C\C/C=C\C/C=C\C/C=C\C/C=C\CC)OC(=O)CC/C=C\C/C=C\C/C=C\C/C=C\C/C=C\CCCCC. The van der Waals surface area contributed by atoms with Gasteiger partial charge in [-0.25, -0.2) is 9.13 Å². The lowest BCUT2D eigenvalue weighted by atomic mass is 10.1. The van der Waals surface area contributed by atoms with Crippen LogP contribution >= 0.6 is 15.6 Å². The third kappa shape index (κ3) is 84.5. The van der Waals surface area contributed by atoms with Gasteiger partial charge in [-0.05, 0) is 193 Å². The van der Waals surface area contributed by atoms with E-state index in [1.165, 1.54) is 19.3 Å². The first kappa shape index (κ1) is 109. The molecule has 17 nitrogen and oxygen atoms in total. The van der Waals surface area contributed by atoms with Crippen LogP contribution in [0.3, 0.4) is 0 Å². The number of rotatable bonds is 77. The Balaban J connectivity index is 5.64. The molecule has 0 saturated heterocycles. The number of aliphatic hydroxyl groups excluding tert-OH is 1. The molecule has 0 rings (SSSR count). The first-order chi connectivity index (χ1) is 56.7. The summed E-state index contributed by atoms with van der Waals surface area (Å²) in [4.78, 5) is 73.3. The van der Waals surface area contributed by atoms with E-state index in [1.54, 1.807) is 0 Å². The fraction of sp³-hybridized carbons (Fsp3) is 0.526. The van der Waals surface area contributed by atoms with Crippen LogP contribution in [0, 0.1) is 0 Å². The van der Waals surface area contributed by atoms with Gasteiger partial charge < -0.3 is 33.8 Å². The van der Waals surface area contributed by atoms with Gasteiger partial charge in [0.05, 0.1) is 26.4 Å². The summed E-state index contributed by atoms with van der Waals surface area (Å²) in [5.41, 5.74) is 0. The van der Waals surface area contributed by atoms with E-state index in [4.69, 9.17) is 37.0 Å². The van der Waals surface area contributed by atoms with Crippen molar-refractivity contribution in [3.05, 3.63) is 255 Å². The second kappa shape index (κ2) is 85.5. The number of hydrogen-bond donors (Lipinski definition) is 3. The molecule has 5 atom stereocenters. The molecule has 2 unspecified atom stereocenters. The molecule has 0 heterocycles. The van der Waals surface area contributed by atoms with E-state index >= 15 is 0 Å². The summed E-state index contributed by atoms with van der Waals surface area (Å²) in [5.74, 6) is -2.48. The molecule has 0 aromatic carbocycles. The quantitative estimate of drug-likeness (QED) is 0.0169. The van der Waals surface area contributed by atoms with E-state index in [0.717, 1.165) is 161 Å². The molecule has 0 aliphatic rings. The van der Waals surface area contributed by atoms with Gasteiger partial charge in [-0.2, -0.15) is 0 Å². The smallest absolute Gasteiger partial charge is 0.462 e. The molecule has 0 radical (unpaired) electrons. The minimum Gasteiger partial charge on any atom is -0.462 e. The molecule has 0 fully saturated rings. The Labute approximate surface area is 700 Å². The summed E-state index contributed by atoms with van der Waals surface area (Å²) < 4.78 is 68.6. The van der Waals surface area contributed by atoms with Gasteiger partial charge in [0, 0.05) is 25.7 Å². The maximum atomic E-state index is 13.2. The fourth-order valence-electron chi connectivity index (χ4n) is 10.1. The van der Waals surface area contributed by atoms with E-state index < -0.39 is 97.5 Å². The van der Waals surface area contributed by atoms with Gasteiger partial charge in [-0.3, -0.25) is 37.3 Å².